The summed E-state index contributed by atoms with van der Waals surface area (Å²) in [6.45, 7) is 8.01. The second kappa shape index (κ2) is 6.02. The number of rotatable bonds is 7. The van der Waals surface area contributed by atoms with Crippen LogP contribution >= 0.6 is 0 Å². The van der Waals surface area contributed by atoms with Crippen LogP contribution in [0.25, 0.3) is 0 Å². The van der Waals surface area contributed by atoms with Crippen molar-refractivity contribution in [3.63, 3.8) is 0 Å². The number of aryl methyl sites for hydroxylation is 2. The van der Waals surface area contributed by atoms with E-state index in [-0.39, 0.29) is 11.6 Å². The molecule has 0 amide bonds. The van der Waals surface area contributed by atoms with E-state index in [9.17, 15) is 13.5 Å². The van der Waals surface area contributed by atoms with Crippen LogP contribution in [0.1, 0.15) is 39.4 Å². The summed E-state index contributed by atoms with van der Waals surface area (Å²) in [5.41, 5.74) is -1.00. The summed E-state index contributed by atoms with van der Waals surface area (Å²) in [7, 11) is -3.67. The number of nitrogens with one attached hydrogen (secondary N) is 1. The van der Waals surface area contributed by atoms with Gasteiger partial charge in [-0.3, -0.25) is 0 Å². The Morgan fingerprint density at radius 2 is 1.95 bits per heavy atom. The first kappa shape index (κ1) is 16.1. The molecule has 0 saturated heterocycles. The fraction of sp³-hybridized carbons (Fsp3) is 0.750. The second-order valence-electron chi connectivity index (χ2n) is 4.67. The van der Waals surface area contributed by atoms with Crippen LogP contribution < -0.4 is 4.72 Å². The summed E-state index contributed by atoms with van der Waals surface area (Å²) in [5, 5.41) is 10.1. The van der Waals surface area contributed by atoms with E-state index in [1.165, 1.54) is 6.20 Å². The smallest absolute Gasteiger partial charge is 0.259 e. The van der Waals surface area contributed by atoms with Gasteiger partial charge in [0.05, 0.1) is 5.60 Å². The molecule has 0 bridgehead atoms. The molecule has 0 radical (unpaired) electrons. The Morgan fingerprint density at radius 3 is 2.37 bits per heavy atom. The first-order chi connectivity index (χ1) is 8.78. The number of hydrogen-bond donors (Lipinski definition) is 2. The van der Waals surface area contributed by atoms with Crippen molar-refractivity contribution in [2.45, 2.75) is 57.7 Å². The molecule has 0 fully saturated rings. The van der Waals surface area contributed by atoms with E-state index in [1.807, 2.05) is 20.8 Å². The standard InChI is InChI=1S/C12H23N3O3S/c1-5-12(16,6-2)9-13-19(17,18)11-8-15(7-3)10(4)14-11/h8,13,16H,5-7,9H2,1-4H3. The van der Waals surface area contributed by atoms with Crippen molar-refractivity contribution < 1.29 is 13.5 Å². The molecule has 1 aromatic heterocycles. The lowest BCUT2D eigenvalue weighted by Crippen LogP contribution is -2.42. The number of sulfonamides is 1. The molecule has 110 valence electrons. The van der Waals surface area contributed by atoms with Crippen LogP contribution in [0.15, 0.2) is 11.2 Å². The molecule has 6 nitrogen and oxygen atoms in total. The third-order valence-electron chi connectivity index (χ3n) is 3.48. The fourth-order valence-corrected chi connectivity index (χ4v) is 2.86. The van der Waals surface area contributed by atoms with Crippen LogP contribution in [-0.2, 0) is 16.6 Å². The van der Waals surface area contributed by atoms with Gasteiger partial charge in [-0.1, -0.05) is 13.8 Å². The lowest BCUT2D eigenvalue weighted by molar-refractivity contribution is 0.0377. The molecular formula is C12H23N3O3S. The molecule has 0 aliphatic heterocycles. The van der Waals surface area contributed by atoms with Gasteiger partial charge >= 0.3 is 0 Å². The van der Waals surface area contributed by atoms with Gasteiger partial charge < -0.3 is 9.67 Å². The highest BCUT2D eigenvalue weighted by Gasteiger charge is 2.26. The highest BCUT2D eigenvalue weighted by Crippen LogP contribution is 2.15. The zero-order valence-corrected chi connectivity index (χ0v) is 12.8. The first-order valence-electron chi connectivity index (χ1n) is 6.53. The Bertz CT molecular complexity index is 518. The number of hydrogen-bond acceptors (Lipinski definition) is 4. The van der Waals surface area contributed by atoms with Crippen molar-refractivity contribution in [2.75, 3.05) is 6.54 Å². The number of aromatic nitrogens is 2. The van der Waals surface area contributed by atoms with Crippen LogP contribution in [-0.4, -0.2) is 35.2 Å². The largest absolute Gasteiger partial charge is 0.389 e. The molecule has 7 heteroatoms. The van der Waals surface area contributed by atoms with Crippen molar-refractivity contribution in [3.8, 4) is 0 Å². The van der Waals surface area contributed by atoms with Gasteiger partial charge in [0.15, 0.2) is 5.03 Å². The van der Waals surface area contributed by atoms with Crippen molar-refractivity contribution >= 4 is 10.0 Å². The van der Waals surface area contributed by atoms with Crippen molar-refractivity contribution in [1.82, 2.24) is 14.3 Å². The lowest BCUT2D eigenvalue weighted by atomic mass is 9.98. The molecule has 0 saturated carbocycles. The Kier molecular flexibility index (Phi) is 5.11. The van der Waals surface area contributed by atoms with Crippen molar-refractivity contribution in [3.05, 3.63) is 12.0 Å². The van der Waals surface area contributed by atoms with Crippen LogP contribution in [0.4, 0.5) is 0 Å². The zero-order valence-electron chi connectivity index (χ0n) is 12.0. The predicted molar refractivity (Wildman–Crippen MR) is 73.4 cm³/mol. The maximum Gasteiger partial charge on any atom is 0.259 e. The van der Waals surface area contributed by atoms with Crippen molar-refractivity contribution in [2.24, 2.45) is 0 Å². The molecule has 1 rings (SSSR count). The lowest BCUT2D eigenvalue weighted by Gasteiger charge is -2.24. The Labute approximate surface area is 114 Å². The fourth-order valence-electron chi connectivity index (χ4n) is 1.73. The Balaban J connectivity index is 2.87. The molecule has 19 heavy (non-hydrogen) atoms. The SMILES string of the molecule is CCn1cc(S(=O)(=O)NCC(O)(CC)CC)nc1C. The summed E-state index contributed by atoms with van der Waals surface area (Å²) >= 11 is 0. The summed E-state index contributed by atoms with van der Waals surface area (Å²) in [6.07, 6.45) is 2.50. The Hall–Kier alpha value is -0.920. The molecule has 0 aliphatic carbocycles. The van der Waals surface area contributed by atoms with Crippen LogP contribution in [0.5, 0.6) is 0 Å². The second-order valence-corrected chi connectivity index (χ2v) is 6.38. The van der Waals surface area contributed by atoms with E-state index in [1.54, 1.807) is 11.5 Å². The van der Waals surface area contributed by atoms with Crippen LogP contribution in [0.3, 0.4) is 0 Å². The van der Waals surface area contributed by atoms with Crippen LogP contribution in [0, 0.1) is 6.92 Å². The van der Waals surface area contributed by atoms with Gasteiger partial charge in [0.2, 0.25) is 0 Å². The number of imidazole rings is 1. The van der Waals surface area contributed by atoms with E-state index in [4.69, 9.17) is 0 Å². The minimum atomic E-state index is -3.67. The minimum absolute atomic E-state index is 0.000363. The molecule has 0 unspecified atom stereocenters. The maximum absolute atomic E-state index is 12.1. The van der Waals surface area contributed by atoms with Gasteiger partial charge in [0, 0.05) is 19.3 Å². The highest BCUT2D eigenvalue weighted by atomic mass is 32.2. The Morgan fingerprint density at radius 1 is 1.37 bits per heavy atom. The van der Waals surface area contributed by atoms with Gasteiger partial charge in [-0.2, -0.15) is 0 Å². The summed E-state index contributed by atoms with van der Waals surface area (Å²) in [6, 6.07) is 0. The summed E-state index contributed by atoms with van der Waals surface area (Å²) in [5.74, 6) is 0.657. The third-order valence-corrected chi connectivity index (χ3v) is 4.75. The minimum Gasteiger partial charge on any atom is -0.389 e. The highest BCUT2D eigenvalue weighted by molar-refractivity contribution is 7.89. The van der Waals surface area contributed by atoms with Gasteiger partial charge in [0.25, 0.3) is 10.0 Å². The van der Waals surface area contributed by atoms with E-state index < -0.39 is 15.6 Å². The first-order valence-corrected chi connectivity index (χ1v) is 8.02. The van der Waals surface area contributed by atoms with Gasteiger partial charge in [0.1, 0.15) is 5.82 Å². The number of nitrogens with zero attached hydrogens (tertiary/aromatic N) is 2. The topological polar surface area (TPSA) is 84.2 Å². The monoisotopic (exact) mass is 289 g/mol. The van der Waals surface area contributed by atoms with Gasteiger partial charge in [-0.05, 0) is 26.7 Å². The average Bonchev–Trinajstić information content (AvgIpc) is 2.78. The quantitative estimate of drug-likeness (QED) is 0.785. The summed E-state index contributed by atoms with van der Waals surface area (Å²) in [4.78, 5) is 4.04. The average molecular weight is 289 g/mol. The van der Waals surface area contributed by atoms with E-state index >= 15 is 0 Å². The molecular weight excluding hydrogens is 266 g/mol. The predicted octanol–water partition coefficient (Wildman–Crippen LogP) is 1.04. The molecule has 0 atom stereocenters. The maximum atomic E-state index is 12.1. The molecule has 0 spiro atoms. The normalized spacial score (nSPS) is 12.9. The molecule has 0 aliphatic rings. The van der Waals surface area contributed by atoms with Crippen LogP contribution in [0.2, 0.25) is 0 Å². The zero-order chi connectivity index (χ0) is 14.7. The molecule has 1 heterocycles. The molecule has 2 N–H and O–H groups in total. The van der Waals surface area contributed by atoms with E-state index in [0.717, 1.165) is 0 Å². The number of aliphatic hydroxyl groups is 1. The molecule has 0 aromatic carbocycles. The van der Waals surface area contributed by atoms with Gasteiger partial charge in [-0.15, -0.1) is 0 Å². The van der Waals surface area contributed by atoms with E-state index in [0.29, 0.717) is 25.2 Å². The molecule has 1 aromatic rings. The van der Waals surface area contributed by atoms with Crippen molar-refractivity contribution in [1.29, 1.82) is 0 Å². The van der Waals surface area contributed by atoms with Gasteiger partial charge in [-0.25, -0.2) is 18.1 Å². The summed E-state index contributed by atoms with van der Waals surface area (Å²) < 4.78 is 28.4. The third kappa shape index (κ3) is 3.77. The van der Waals surface area contributed by atoms with E-state index in [2.05, 4.69) is 9.71 Å².